The quantitative estimate of drug-likeness (QED) is 0.509. The van der Waals surface area contributed by atoms with Gasteiger partial charge in [-0.15, -0.1) is 0 Å². The number of ether oxygens (including phenoxy) is 1. The predicted octanol–water partition coefficient (Wildman–Crippen LogP) is 3.98. The Kier molecular flexibility index (Phi) is 7.72. The van der Waals surface area contributed by atoms with Crippen molar-refractivity contribution in [2.75, 3.05) is 11.9 Å². The molecule has 0 spiro atoms. The number of rotatable bonds is 9. The molecule has 94 valence electrons. The van der Waals surface area contributed by atoms with Crippen LogP contribution in [0.3, 0.4) is 0 Å². The van der Waals surface area contributed by atoms with Crippen LogP contribution in [-0.4, -0.2) is 17.7 Å². The first kappa shape index (κ1) is 14.2. The van der Waals surface area contributed by atoms with Gasteiger partial charge in [0.2, 0.25) is 0 Å². The van der Waals surface area contributed by atoms with Gasteiger partial charge in [-0.3, -0.25) is 4.79 Å². The second-order valence-electron chi connectivity index (χ2n) is 4.00. The van der Waals surface area contributed by atoms with Crippen molar-refractivity contribution in [1.82, 2.24) is 0 Å². The summed E-state index contributed by atoms with van der Waals surface area (Å²) in [4.78, 5) is 11.0. The molecular weight excluding hydrogens is 280 g/mol. The molecule has 0 aromatic heterocycles. The molecule has 2 nitrogen and oxygen atoms in total. The Morgan fingerprint density at radius 1 is 1.06 bits per heavy atom. The van der Waals surface area contributed by atoms with Crippen molar-refractivity contribution < 1.29 is 9.53 Å². The fraction of sp³-hybridized carbons (Fsp3) is 0.500. The van der Waals surface area contributed by atoms with Gasteiger partial charge in [-0.05, 0) is 25.0 Å². The van der Waals surface area contributed by atoms with E-state index >= 15 is 0 Å². The molecule has 0 heterocycles. The molecule has 0 fully saturated rings. The highest BCUT2D eigenvalue weighted by Crippen LogP contribution is 2.10. The Morgan fingerprint density at radius 2 is 1.76 bits per heavy atom. The monoisotopic (exact) mass is 298 g/mol. The molecule has 0 radical (unpaired) electrons. The zero-order valence-corrected chi connectivity index (χ0v) is 11.6. The highest BCUT2D eigenvalue weighted by atomic mass is 79.9. The summed E-state index contributed by atoms with van der Waals surface area (Å²) in [6.45, 7) is 0.760. The smallest absolute Gasteiger partial charge is 0.143 e. The zero-order chi connectivity index (χ0) is 12.3. The summed E-state index contributed by atoms with van der Waals surface area (Å²) >= 11 is 3.17. The van der Waals surface area contributed by atoms with Crippen molar-refractivity contribution in [2.45, 2.75) is 32.1 Å². The molecule has 0 saturated heterocycles. The van der Waals surface area contributed by atoms with E-state index in [1.54, 1.807) is 0 Å². The van der Waals surface area contributed by atoms with Gasteiger partial charge in [0.05, 0.1) is 11.9 Å². The molecule has 0 unspecified atom stereocenters. The Hall–Kier alpha value is -0.830. The molecule has 0 amide bonds. The number of hydrogen-bond donors (Lipinski definition) is 0. The molecule has 17 heavy (non-hydrogen) atoms. The van der Waals surface area contributed by atoms with Crippen LogP contribution in [0.25, 0.3) is 0 Å². The number of ketones is 1. The summed E-state index contributed by atoms with van der Waals surface area (Å²) in [5.41, 5.74) is 0. The summed E-state index contributed by atoms with van der Waals surface area (Å²) in [5, 5.41) is 0.490. The average molecular weight is 299 g/mol. The van der Waals surface area contributed by atoms with Crippen LogP contribution >= 0.6 is 15.9 Å². The minimum absolute atomic E-state index is 0.297. The van der Waals surface area contributed by atoms with E-state index in [-0.39, 0.29) is 0 Å². The fourth-order valence-electron chi connectivity index (χ4n) is 1.55. The van der Waals surface area contributed by atoms with Gasteiger partial charge < -0.3 is 4.74 Å². The van der Waals surface area contributed by atoms with Crippen LogP contribution in [0.15, 0.2) is 30.3 Å². The third-order valence-corrected chi connectivity index (χ3v) is 3.14. The summed E-state index contributed by atoms with van der Waals surface area (Å²) in [5.74, 6) is 1.23. The summed E-state index contributed by atoms with van der Waals surface area (Å²) in [7, 11) is 0. The van der Waals surface area contributed by atoms with E-state index in [0.717, 1.165) is 38.0 Å². The molecule has 1 aromatic carbocycles. The van der Waals surface area contributed by atoms with Crippen LogP contribution in [0.4, 0.5) is 0 Å². The van der Waals surface area contributed by atoms with Crippen LogP contribution in [0.5, 0.6) is 5.75 Å². The number of para-hydroxylation sites is 1. The molecular formula is C14H19BrO2. The third kappa shape index (κ3) is 7.16. The van der Waals surface area contributed by atoms with Crippen LogP contribution in [-0.2, 0) is 4.79 Å². The van der Waals surface area contributed by atoms with Gasteiger partial charge in [0.1, 0.15) is 11.5 Å². The van der Waals surface area contributed by atoms with Crippen molar-refractivity contribution in [3.63, 3.8) is 0 Å². The van der Waals surface area contributed by atoms with Gasteiger partial charge in [0, 0.05) is 6.42 Å². The number of halogens is 1. The Balaban J connectivity index is 1.93. The van der Waals surface area contributed by atoms with Gasteiger partial charge in [0.15, 0.2) is 0 Å². The number of hydrogen-bond acceptors (Lipinski definition) is 2. The lowest BCUT2D eigenvalue weighted by Gasteiger charge is -2.05. The lowest BCUT2D eigenvalue weighted by Crippen LogP contribution is -1.99. The second-order valence-corrected chi connectivity index (χ2v) is 4.56. The van der Waals surface area contributed by atoms with Gasteiger partial charge in [0.25, 0.3) is 0 Å². The van der Waals surface area contributed by atoms with Crippen molar-refractivity contribution in [3.05, 3.63) is 30.3 Å². The maximum atomic E-state index is 11.0. The summed E-state index contributed by atoms with van der Waals surface area (Å²) in [6, 6.07) is 9.86. The van der Waals surface area contributed by atoms with Crippen molar-refractivity contribution in [2.24, 2.45) is 0 Å². The van der Waals surface area contributed by atoms with E-state index in [4.69, 9.17) is 4.74 Å². The minimum Gasteiger partial charge on any atom is -0.494 e. The van der Waals surface area contributed by atoms with Gasteiger partial charge >= 0.3 is 0 Å². The minimum atomic E-state index is 0.297. The number of carbonyl (C=O) groups is 1. The maximum absolute atomic E-state index is 11.0. The van der Waals surface area contributed by atoms with E-state index in [2.05, 4.69) is 15.9 Å². The number of unbranched alkanes of at least 4 members (excludes halogenated alkanes) is 3. The average Bonchev–Trinajstić information content (AvgIpc) is 2.38. The first-order chi connectivity index (χ1) is 8.33. The summed E-state index contributed by atoms with van der Waals surface area (Å²) < 4.78 is 5.58. The predicted molar refractivity (Wildman–Crippen MR) is 73.8 cm³/mol. The van der Waals surface area contributed by atoms with Gasteiger partial charge in [-0.2, -0.15) is 0 Å². The van der Waals surface area contributed by atoms with Crippen LogP contribution in [0.1, 0.15) is 32.1 Å². The van der Waals surface area contributed by atoms with Gasteiger partial charge in [-0.1, -0.05) is 47.0 Å². The van der Waals surface area contributed by atoms with Crippen molar-refractivity contribution >= 4 is 21.7 Å². The molecule has 3 heteroatoms. The molecule has 0 saturated carbocycles. The van der Waals surface area contributed by atoms with Crippen LogP contribution in [0, 0.1) is 0 Å². The van der Waals surface area contributed by atoms with E-state index in [1.807, 2.05) is 30.3 Å². The standard InChI is InChI=1S/C14H19BrO2/c15-12-13(16)8-4-1-2-7-11-17-14-9-5-3-6-10-14/h3,5-6,9-10H,1-2,4,7-8,11-12H2. The molecule has 0 aliphatic heterocycles. The zero-order valence-electron chi connectivity index (χ0n) is 10.0. The van der Waals surface area contributed by atoms with Gasteiger partial charge in [-0.25, -0.2) is 0 Å². The maximum Gasteiger partial charge on any atom is 0.143 e. The molecule has 0 aliphatic carbocycles. The van der Waals surface area contributed by atoms with E-state index in [0.29, 0.717) is 17.5 Å². The van der Waals surface area contributed by atoms with Crippen molar-refractivity contribution in [1.29, 1.82) is 0 Å². The number of alkyl halides is 1. The highest BCUT2D eigenvalue weighted by Gasteiger charge is 1.98. The Bertz CT molecular complexity index is 311. The first-order valence-corrected chi connectivity index (χ1v) is 7.20. The SMILES string of the molecule is O=C(CBr)CCCCCCOc1ccccc1. The van der Waals surface area contributed by atoms with Crippen molar-refractivity contribution in [3.8, 4) is 5.75 Å². The fourth-order valence-corrected chi connectivity index (χ4v) is 1.83. The largest absolute Gasteiger partial charge is 0.494 e. The van der Waals surface area contributed by atoms with E-state index in [1.165, 1.54) is 0 Å². The molecule has 1 rings (SSSR count). The topological polar surface area (TPSA) is 26.3 Å². The Labute approximate surface area is 111 Å². The number of Topliss-reactive ketones (excluding diaryl/α,β-unsaturated/α-hetero) is 1. The van der Waals surface area contributed by atoms with E-state index in [9.17, 15) is 4.79 Å². The molecule has 0 N–H and O–H groups in total. The molecule has 0 atom stereocenters. The Morgan fingerprint density at radius 3 is 2.47 bits per heavy atom. The van der Waals surface area contributed by atoms with E-state index < -0.39 is 0 Å². The lowest BCUT2D eigenvalue weighted by molar-refractivity contribution is -0.116. The third-order valence-electron chi connectivity index (χ3n) is 2.51. The lowest BCUT2D eigenvalue weighted by atomic mass is 10.1. The summed E-state index contributed by atoms with van der Waals surface area (Å²) in [6.07, 6.45) is 4.98. The molecule has 1 aromatic rings. The second kappa shape index (κ2) is 9.23. The number of carbonyl (C=O) groups excluding carboxylic acids is 1. The number of benzene rings is 1. The molecule has 0 bridgehead atoms. The highest BCUT2D eigenvalue weighted by molar-refractivity contribution is 9.09. The normalized spacial score (nSPS) is 10.2. The molecule has 0 aliphatic rings. The first-order valence-electron chi connectivity index (χ1n) is 6.08. The van der Waals surface area contributed by atoms with Crippen LogP contribution < -0.4 is 4.74 Å². The van der Waals surface area contributed by atoms with Crippen LogP contribution in [0.2, 0.25) is 0 Å².